The normalized spacial score (nSPS) is 9.85. The second-order valence-electron chi connectivity index (χ2n) is 2.52. The Morgan fingerprint density at radius 1 is 1.38 bits per heavy atom. The molecule has 0 fully saturated rings. The van der Waals surface area contributed by atoms with E-state index in [-0.39, 0.29) is 5.56 Å². The number of hydrogen-bond acceptors (Lipinski definition) is 2. The van der Waals surface area contributed by atoms with Crippen LogP contribution in [0.25, 0.3) is 11.1 Å². The summed E-state index contributed by atoms with van der Waals surface area (Å²) in [5.41, 5.74) is 1.20. The van der Waals surface area contributed by atoms with Crippen LogP contribution in [-0.4, -0.2) is 9.97 Å². The third kappa shape index (κ3) is 1.49. The molecule has 0 atom stereocenters. The molecule has 2 rings (SSSR count). The van der Waals surface area contributed by atoms with E-state index in [1.165, 1.54) is 12.5 Å². The molecule has 13 heavy (non-hydrogen) atoms. The molecule has 1 aromatic carbocycles. The molecule has 3 nitrogen and oxygen atoms in total. The average Bonchev–Trinajstić information content (AvgIpc) is 2.20. The Bertz CT molecular complexity index is 448. The van der Waals surface area contributed by atoms with Gasteiger partial charge in [0.2, 0.25) is 0 Å². The van der Waals surface area contributed by atoms with Gasteiger partial charge >= 0.3 is 0 Å². The van der Waals surface area contributed by atoms with Crippen LogP contribution >= 0.6 is 0 Å². The summed E-state index contributed by atoms with van der Waals surface area (Å²) in [5, 5.41) is 0. The van der Waals surface area contributed by atoms with Gasteiger partial charge in [-0.1, -0.05) is 12.1 Å². The van der Waals surface area contributed by atoms with Crippen LogP contribution < -0.4 is 5.56 Å². The molecule has 3 heteroatoms. The van der Waals surface area contributed by atoms with Crippen molar-refractivity contribution in [3.63, 3.8) is 0 Å². The van der Waals surface area contributed by atoms with Gasteiger partial charge in [0.05, 0.1) is 11.9 Å². The van der Waals surface area contributed by atoms with Gasteiger partial charge in [0.15, 0.2) is 0 Å². The van der Waals surface area contributed by atoms with Crippen molar-refractivity contribution in [2.45, 2.75) is 0 Å². The first kappa shape index (κ1) is 7.73. The zero-order valence-corrected chi connectivity index (χ0v) is 6.74. The molecule has 0 aliphatic rings. The summed E-state index contributed by atoms with van der Waals surface area (Å²) < 4.78 is 0. The summed E-state index contributed by atoms with van der Waals surface area (Å²) in [5.74, 6) is 0. The molecule has 0 saturated heterocycles. The molecule has 1 heterocycles. The quantitative estimate of drug-likeness (QED) is 0.695. The van der Waals surface area contributed by atoms with Gasteiger partial charge in [0.1, 0.15) is 0 Å². The van der Waals surface area contributed by atoms with E-state index >= 15 is 0 Å². The number of nitrogens with zero attached hydrogens (tertiary/aromatic N) is 1. The zero-order valence-electron chi connectivity index (χ0n) is 6.74. The second kappa shape index (κ2) is 3.23. The third-order valence-electron chi connectivity index (χ3n) is 1.69. The van der Waals surface area contributed by atoms with Crippen molar-refractivity contribution in [3.05, 3.63) is 53.2 Å². The molecule has 0 aliphatic heterocycles. The lowest BCUT2D eigenvalue weighted by Gasteiger charge is -1.96. The smallest absolute Gasteiger partial charge is 0.258 e. The number of rotatable bonds is 1. The van der Waals surface area contributed by atoms with Gasteiger partial charge in [-0.25, -0.2) is 4.98 Å². The van der Waals surface area contributed by atoms with Crippen LogP contribution in [0.3, 0.4) is 0 Å². The summed E-state index contributed by atoms with van der Waals surface area (Å²) in [6.07, 6.45) is 2.90. The van der Waals surface area contributed by atoms with E-state index in [0.717, 1.165) is 5.56 Å². The van der Waals surface area contributed by atoms with E-state index in [0.29, 0.717) is 5.56 Å². The highest BCUT2D eigenvalue weighted by Gasteiger charge is 2.00. The summed E-state index contributed by atoms with van der Waals surface area (Å²) >= 11 is 0. The van der Waals surface area contributed by atoms with Crippen LogP contribution in [0.4, 0.5) is 0 Å². The monoisotopic (exact) mass is 170 g/mol. The zero-order chi connectivity index (χ0) is 9.10. The molecular weight excluding hydrogens is 164 g/mol. The Morgan fingerprint density at radius 2 is 2.31 bits per heavy atom. The number of H-pyrrole nitrogens is 1. The van der Waals surface area contributed by atoms with Crippen molar-refractivity contribution < 1.29 is 0 Å². The molecule has 1 N–H and O–H groups in total. The maximum atomic E-state index is 11.3. The number of aromatic nitrogens is 2. The van der Waals surface area contributed by atoms with Crippen molar-refractivity contribution in [2.75, 3.05) is 0 Å². The fourth-order valence-electron chi connectivity index (χ4n) is 1.06. The maximum Gasteiger partial charge on any atom is 0.258 e. The first-order valence-electron chi connectivity index (χ1n) is 3.79. The van der Waals surface area contributed by atoms with Gasteiger partial charge in [-0.05, 0) is 23.8 Å². The van der Waals surface area contributed by atoms with Crippen molar-refractivity contribution in [3.8, 4) is 11.1 Å². The molecule has 0 amide bonds. The maximum absolute atomic E-state index is 11.3. The third-order valence-corrected chi connectivity index (χ3v) is 1.69. The predicted molar refractivity (Wildman–Crippen MR) is 48.0 cm³/mol. The molecule has 0 bridgehead atoms. The Balaban J connectivity index is 2.60. The molecule has 1 aromatic heterocycles. The highest BCUT2D eigenvalue weighted by molar-refractivity contribution is 5.60. The van der Waals surface area contributed by atoms with Crippen molar-refractivity contribution >= 4 is 0 Å². The lowest BCUT2D eigenvalue weighted by Crippen LogP contribution is -2.08. The molecule has 2 aromatic rings. The standard InChI is InChI=1S/C10H6N2O/c13-10-9(6-11-7-12-10)8-4-2-1-3-5-8/h2,4-7H,(H,11,12,13). The molecule has 0 spiro atoms. The first-order chi connectivity index (χ1) is 6.38. The van der Waals surface area contributed by atoms with Crippen molar-refractivity contribution in [2.24, 2.45) is 0 Å². The molecule has 0 aliphatic carbocycles. The van der Waals surface area contributed by atoms with Crippen LogP contribution in [0.2, 0.25) is 0 Å². The van der Waals surface area contributed by atoms with E-state index in [1.807, 2.05) is 0 Å². The van der Waals surface area contributed by atoms with Gasteiger partial charge in [0, 0.05) is 6.20 Å². The minimum atomic E-state index is -0.144. The summed E-state index contributed by atoms with van der Waals surface area (Å²) in [6.45, 7) is 0. The second-order valence-corrected chi connectivity index (χ2v) is 2.52. The molecule has 0 saturated carbocycles. The summed E-state index contributed by atoms with van der Waals surface area (Å²) in [6, 6.07) is 10.8. The number of aromatic amines is 1. The van der Waals surface area contributed by atoms with Crippen LogP contribution in [0.15, 0.2) is 35.5 Å². The van der Waals surface area contributed by atoms with Crippen LogP contribution in [-0.2, 0) is 0 Å². The number of hydrogen-bond donors (Lipinski definition) is 1. The van der Waals surface area contributed by atoms with E-state index in [9.17, 15) is 4.79 Å². The average molecular weight is 170 g/mol. The Labute approximate surface area is 75.1 Å². The van der Waals surface area contributed by atoms with Gasteiger partial charge in [-0.15, -0.1) is 0 Å². The lowest BCUT2D eigenvalue weighted by atomic mass is 10.1. The first-order valence-corrected chi connectivity index (χ1v) is 3.79. The van der Waals surface area contributed by atoms with E-state index in [2.05, 4.69) is 22.1 Å². The van der Waals surface area contributed by atoms with Gasteiger partial charge in [0.25, 0.3) is 5.56 Å². The molecule has 0 unspecified atom stereocenters. The molecule has 62 valence electrons. The predicted octanol–water partition coefficient (Wildman–Crippen LogP) is 1.04. The highest BCUT2D eigenvalue weighted by Crippen LogP contribution is 2.11. The van der Waals surface area contributed by atoms with Crippen LogP contribution in [0.5, 0.6) is 0 Å². The fraction of sp³-hybridized carbons (Fsp3) is 0. The Morgan fingerprint density at radius 3 is 3.00 bits per heavy atom. The van der Waals surface area contributed by atoms with Crippen molar-refractivity contribution in [1.82, 2.24) is 9.97 Å². The highest BCUT2D eigenvalue weighted by atomic mass is 16.1. The number of benzene rings is 1. The lowest BCUT2D eigenvalue weighted by molar-refractivity contribution is 1.12. The summed E-state index contributed by atoms with van der Waals surface area (Å²) in [4.78, 5) is 17.6. The van der Waals surface area contributed by atoms with E-state index in [4.69, 9.17) is 0 Å². The molecule has 2 radical (unpaired) electrons. The van der Waals surface area contributed by atoms with Gasteiger partial charge in [-0.2, -0.15) is 0 Å². The minimum Gasteiger partial charge on any atom is -0.313 e. The fourth-order valence-corrected chi connectivity index (χ4v) is 1.06. The SMILES string of the molecule is O=c1[nH]cncc1-c1c[c][c]cc1. The Hall–Kier alpha value is -1.90. The summed E-state index contributed by atoms with van der Waals surface area (Å²) in [7, 11) is 0. The van der Waals surface area contributed by atoms with Crippen molar-refractivity contribution in [1.29, 1.82) is 0 Å². The van der Waals surface area contributed by atoms with E-state index < -0.39 is 0 Å². The van der Waals surface area contributed by atoms with Gasteiger partial charge in [-0.3, -0.25) is 4.79 Å². The number of nitrogens with one attached hydrogen (secondary N) is 1. The topological polar surface area (TPSA) is 45.8 Å². The largest absolute Gasteiger partial charge is 0.313 e. The molecular formula is C10H6N2O. The van der Waals surface area contributed by atoms with Gasteiger partial charge < -0.3 is 4.98 Å². The minimum absolute atomic E-state index is 0.144. The van der Waals surface area contributed by atoms with Crippen LogP contribution in [0.1, 0.15) is 0 Å². The van der Waals surface area contributed by atoms with Crippen LogP contribution in [0, 0.1) is 12.1 Å². The van der Waals surface area contributed by atoms with E-state index in [1.54, 1.807) is 18.2 Å². The Kier molecular flexibility index (Phi) is 1.92.